The summed E-state index contributed by atoms with van der Waals surface area (Å²) in [6.07, 6.45) is 5.39. The molecular weight excluding hydrogens is 914 g/mol. The molecule has 0 N–H and O–H groups in total. The first-order chi connectivity index (χ1) is 35.5. The minimum Gasteiger partial charge on any atom is -0.0666 e. The van der Waals surface area contributed by atoms with Gasteiger partial charge in [0.1, 0.15) is 0 Å². The summed E-state index contributed by atoms with van der Waals surface area (Å²) in [5, 5.41) is 5.09. The Morgan fingerprint density at radius 3 is 1.95 bits per heavy atom. The Morgan fingerprint density at radius 2 is 1.26 bits per heavy atom. The molecule has 0 fully saturated rings. The van der Waals surface area contributed by atoms with E-state index >= 15 is 0 Å². The van der Waals surface area contributed by atoms with E-state index in [1.165, 1.54) is 21.5 Å². The molecule has 10 aromatic rings. The quantitative estimate of drug-likeness (QED) is 0.0906. The van der Waals surface area contributed by atoms with Gasteiger partial charge in [-0.1, -0.05) is 103 Å². The Bertz CT molecular complexity index is 3920. The van der Waals surface area contributed by atoms with Crippen molar-refractivity contribution in [2.75, 3.05) is 0 Å². The standard InChI is InChI=1S/C58H54Ge2N4O/c1-58(2,3)42-30-33-61-56(34-42)64-54-36-45(28-29-48(54)49-37-50-51(38-55(49)64)60(6,7)32-31-59(50,4)5)65-44-23-16-22-43(35-44)62-39-63(53-27-15-14-26-52(53)62)57-46(40-18-10-8-11-19-40)24-17-25-47(57)41-20-12-9-13-21-41/h8-30,33-38H,31-32H2,1-7H3/i8D,9D,10D,11D,12D,13D,18D,19D,20D,21D. The van der Waals surface area contributed by atoms with Crippen molar-refractivity contribution in [2.45, 2.75) is 59.7 Å². The monoisotopic (exact) mass is 980 g/mol. The van der Waals surface area contributed by atoms with Gasteiger partial charge >= 0.3 is 237 Å². The van der Waals surface area contributed by atoms with E-state index in [0.29, 0.717) is 28.2 Å². The molecule has 0 atom stereocenters. The number of fused-ring (bicyclic) bond motifs is 5. The van der Waals surface area contributed by atoms with Crippen molar-refractivity contribution in [1.82, 2.24) is 14.1 Å². The van der Waals surface area contributed by atoms with Crippen molar-refractivity contribution in [3.05, 3.63) is 188 Å². The van der Waals surface area contributed by atoms with Crippen LogP contribution in [0.4, 0.5) is 0 Å². The molecule has 0 bridgehead atoms. The Morgan fingerprint density at radius 1 is 0.631 bits per heavy atom. The fraction of sp³-hybridized carbons (Fsp3) is 0.172. The van der Waals surface area contributed by atoms with E-state index in [9.17, 15) is 0 Å². The van der Waals surface area contributed by atoms with Crippen molar-refractivity contribution >= 4 is 68.2 Å². The number of aromatic nitrogens is 4. The summed E-state index contributed by atoms with van der Waals surface area (Å²) in [6, 6.07) is 30.4. The zero-order valence-electron chi connectivity index (χ0n) is 47.6. The van der Waals surface area contributed by atoms with Crippen LogP contribution in [0.2, 0.25) is 33.5 Å². The molecule has 320 valence electrons. The SMILES string of the molecule is [2H]c1c([2H])c([2H])c(-c2cccc(-c3c([2H])c([2H])c([2H])c([2H])c3[2H])c2-[n+]2[c-]n(-c3cccc(Oc4ccc5c6c[c]7[c](cc6n(-c6cc(C(C)(C)C)ccn6)c5c4)[Ge]([CH3])([CH3])[CH2][CH2][Ge]7([CH3])[CH3])c3)c3ccccc32)c([2H])c1[2H]. The van der Waals surface area contributed by atoms with E-state index in [1.54, 1.807) is 31.6 Å². The van der Waals surface area contributed by atoms with Gasteiger partial charge in [0.2, 0.25) is 0 Å². The molecule has 0 saturated heterocycles. The predicted molar refractivity (Wildman–Crippen MR) is 276 cm³/mol. The van der Waals surface area contributed by atoms with Gasteiger partial charge in [-0.05, 0) is 22.3 Å². The zero-order valence-corrected chi connectivity index (χ0v) is 41.8. The van der Waals surface area contributed by atoms with Crippen LogP contribution in [-0.4, -0.2) is 40.7 Å². The fourth-order valence-corrected chi connectivity index (χ4v) is 39.9. The third-order valence-electron chi connectivity index (χ3n) is 13.2. The van der Waals surface area contributed by atoms with Crippen LogP contribution in [-0.2, 0) is 5.41 Å². The normalized spacial score (nSPS) is 16.7. The second-order valence-electron chi connectivity index (χ2n) is 19.4. The fourth-order valence-electron chi connectivity index (χ4n) is 9.57. The summed E-state index contributed by atoms with van der Waals surface area (Å²) in [5.74, 6) is 12.3. The second kappa shape index (κ2) is 15.8. The largest absolute Gasteiger partial charge is 0.0811 e. The molecule has 0 aliphatic carbocycles. The first-order valence-corrected chi connectivity index (χ1v) is 35.6. The third-order valence-corrected chi connectivity index (χ3v) is 30.7. The van der Waals surface area contributed by atoms with Crippen LogP contribution in [0.3, 0.4) is 0 Å². The van der Waals surface area contributed by atoms with Crippen molar-refractivity contribution in [1.29, 1.82) is 0 Å². The van der Waals surface area contributed by atoms with Crippen molar-refractivity contribution < 1.29 is 23.0 Å². The Balaban J connectivity index is 1.09. The summed E-state index contributed by atoms with van der Waals surface area (Å²) in [5.41, 5.74) is 5.43. The molecule has 1 aliphatic heterocycles. The number of benzene rings is 7. The van der Waals surface area contributed by atoms with Gasteiger partial charge in [-0.25, -0.2) is 0 Å². The average Bonchev–Trinajstić information content (AvgIpc) is 3.95. The van der Waals surface area contributed by atoms with Gasteiger partial charge in [0.15, 0.2) is 0 Å². The van der Waals surface area contributed by atoms with E-state index in [2.05, 4.69) is 91.1 Å². The van der Waals surface area contributed by atoms with Crippen LogP contribution in [0, 0.1) is 6.33 Å². The maximum Gasteiger partial charge on any atom is 0.0811 e. The summed E-state index contributed by atoms with van der Waals surface area (Å²) in [7, 11) is 0. The Hall–Kier alpha value is -6.15. The second-order valence-corrected chi connectivity index (χ2v) is 39.6. The van der Waals surface area contributed by atoms with E-state index in [4.69, 9.17) is 23.4 Å². The molecule has 7 heteroatoms. The maximum atomic E-state index is 9.06. The topological polar surface area (TPSA) is 35.9 Å². The van der Waals surface area contributed by atoms with Crippen molar-refractivity contribution in [3.63, 3.8) is 0 Å². The number of imidazole rings is 1. The van der Waals surface area contributed by atoms with E-state index in [1.807, 2.05) is 65.4 Å². The third kappa shape index (κ3) is 7.33. The summed E-state index contributed by atoms with van der Waals surface area (Å²) in [6.45, 7) is 6.66. The molecule has 5 nitrogen and oxygen atoms in total. The first kappa shape index (κ1) is 31.7. The summed E-state index contributed by atoms with van der Waals surface area (Å²) in [4.78, 5) is 5.02. The van der Waals surface area contributed by atoms with Gasteiger partial charge in [-0.3, -0.25) is 4.57 Å². The number of rotatable bonds is 7. The molecule has 3 aromatic heterocycles. The van der Waals surface area contributed by atoms with Crippen LogP contribution in [0.1, 0.15) is 40.0 Å². The summed E-state index contributed by atoms with van der Waals surface area (Å²) >= 11 is -4.60. The molecule has 0 spiro atoms. The van der Waals surface area contributed by atoms with Gasteiger partial charge in [-0.15, -0.1) is 0 Å². The van der Waals surface area contributed by atoms with Crippen molar-refractivity contribution in [2.24, 2.45) is 0 Å². The molecule has 65 heavy (non-hydrogen) atoms. The number of nitrogens with zero attached hydrogens (tertiary/aromatic N) is 4. The number of ether oxygens (including phenoxy) is 1. The van der Waals surface area contributed by atoms with Crippen molar-refractivity contribution in [3.8, 4) is 50.9 Å². The zero-order chi connectivity index (χ0) is 53.4. The molecule has 0 amide bonds. The number of pyridine rings is 1. The van der Waals surface area contributed by atoms with Crippen LogP contribution in [0.15, 0.2) is 176 Å². The number of hydrogen-bond donors (Lipinski definition) is 0. The van der Waals surface area contributed by atoms with E-state index < -0.39 is 87.0 Å². The Labute approximate surface area is 401 Å². The Kier molecular flexibility index (Phi) is 7.69. The molecule has 0 radical (unpaired) electrons. The van der Waals surface area contributed by atoms with Crippen LogP contribution < -0.4 is 18.1 Å². The predicted octanol–water partition coefficient (Wildman–Crippen LogP) is 13.5. The number of hydrogen-bond acceptors (Lipinski definition) is 2. The van der Waals surface area contributed by atoms with E-state index in [0.717, 1.165) is 22.2 Å². The minimum atomic E-state index is -2.32. The smallest absolute Gasteiger partial charge is 0.0666 e. The maximum absolute atomic E-state index is 9.06. The first-order valence-electron chi connectivity index (χ1n) is 27.1. The van der Waals surface area contributed by atoms with Crippen LogP contribution in [0.25, 0.3) is 72.3 Å². The molecule has 11 rings (SSSR count). The van der Waals surface area contributed by atoms with Gasteiger partial charge in [0.25, 0.3) is 6.33 Å². The molecule has 0 saturated carbocycles. The molecule has 4 heterocycles. The van der Waals surface area contributed by atoms with Gasteiger partial charge in [-0.2, -0.15) is 0 Å². The van der Waals surface area contributed by atoms with E-state index in [-0.39, 0.29) is 33.4 Å². The molecule has 1 aliphatic rings. The summed E-state index contributed by atoms with van der Waals surface area (Å²) < 4.78 is 103. The van der Waals surface area contributed by atoms with Crippen LogP contribution >= 0.6 is 0 Å². The molecule has 7 aromatic carbocycles. The van der Waals surface area contributed by atoms with Gasteiger partial charge in [0.05, 0.1) is 30.4 Å². The van der Waals surface area contributed by atoms with Gasteiger partial charge in [0, 0.05) is 0 Å². The van der Waals surface area contributed by atoms with Gasteiger partial charge < -0.3 is 0 Å². The average molecular weight is 978 g/mol. The van der Waals surface area contributed by atoms with Crippen LogP contribution in [0.5, 0.6) is 11.5 Å². The number of para-hydroxylation sites is 3. The molecule has 0 unspecified atom stereocenters. The molecular formula is C58H54Ge2N4O. The minimum absolute atomic E-state index is 0.0914.